The molecule has 4 N–H and O–H groups in total. The lowest BCUT2D eigenvalue weighted by Crippen LogP contribution is -2.22. The van der Waals surface area contributed by atoms with Gasteiger partial charge in [0.05, 0.1) is 6.54 Å². The van der Waals surface area contributed by atoms with Crippen LogP contribution < -0.4 is 11.1 Å². The Labute approximate surface area is 96.3 Å². The standard InChI is InChI=1S/C9H12IN3O/c1-6-4-7(10)2-3-8(6)12-5-9(11)13-14/h2-4,12,14H,5H2,1H3,(H2,11,13). The lowest BCUT2D eigenvalue weighted by atomic mass is 10.2. The molecule has 76 valence electrons. The van der Waals surface area contributed by atoms with Gasteiger partial charge in [0.25, 0.3) is 0 Å². The molecule has 0 bridgehead atoms. The average Bonchev–Trinajstić information content (AvgIpc) is 2.16. The van der Waals surface area contributed by atoms with E-state index in [1.165, 1.54) is 3.57 Å². The number of rotatable bonds is 3. The molecule has 0 aliphatic rings. The molecule has 5 heteroatoms. The second-order valence-corrected chi connectivity index (χ2v) is 4.15. The topological polar surface area (TPSA) is 70.6 Å². The van der Waals surface area contributed by atoms with E-state index < -0.39 is 0 Å². The largest absolute Gasteiger partial charge is 0.409 e. The van der Waals surface area contributed by atoms with Crippen LogP contribution in [-0.4, -0.2) is 17.6 Å². The summed E-state index contributed by atoms with van der Waals surface area (Å²) in [6.45, 7) is 2.36. The first-order chi connectivity index (χ1) is 6.63. The van der Waals surface area contributed by atoms with Crippen molar-refractivity contribution in [2.75, 3.05) is 11.9 Å². The number of hydrogen-bond donors (Lipinski definition) is 3. The molecule has 0 fully saturated rings. The zero-order valence-corrected chi connectivity index (χ0v) is 9.95. The Morgan fingerprint density at radius 1 is 1.64 bits per heavy atom. The quantitative estimate of drug-likeness (QED) is 0.262. The predicted molar refractivity (Wildman–Crippen MR) is 65.8 cm³/mol. The van der Waals surface area contributed by atoms with Gasteiger partial charge in [0.15, 0.2) is 5.84 Å². The van der Waals surface area contributed by atoms with Crippen LogP contribution in [0, 0.1) is 10.5 Å². The molecule has 14 heavy (non-hydrogen) atoms. The third-order valence-corrected chi connectivity index (χ3v) is 2.45. The van der Waals surface area contributed by atoms with Crippen molar-refractivity contribution in [1.82, 2.24) is 0 Å². The van der Waals surface area contributed by atoms with Gasteiger partial charge >= 0.3 is 0 Å². The molecule has 0 saturated heterocycles. The summed E-state index contributed by atoms with van der Waals surface area (Å²) >= 11 is 2.26. The maximum Gasteiger partial charge on any atom is 0.158 e. The molecule has 0 aromatic heterocycles. The van der Waals surface area contributed by atoms with E-state index in [0.717, 1.165) is 11.3 Å². The van der Waals surface area contributed by atoms with Gasteiger partial charge in [0.1, 0.15) is 0 Å². The number of nitrogens with two attached hydrogens (primary N) is 1. The Bertz CT molecular complexity index is 352. The molecule has 0 unspecified atom stereocenters. The second kappa shape index (κ2) is 5.04. The van der Waals surface area contributed by atoms with E-state index in [0.29, 0.717) is 6.54 Å². The minimum Gasteiger partial charge on any atom is -0.409 e. The van der Waals surface area contributed by atoms with E-state index in [1.807, 2.05) is 19.1 Å². The summed E-state index contributed by atoms with van der Waals surface area (Å²) in [7, 11) is 0. The van der Waals surface area contributed by atoms with E-state index in [4.69, 9.17) is 10.9 Å². The van der Waals surface area contributed by atoms with Crippen LogP contribution in [0.2, 0.25) is 0 Å². The summed E-state index contributed by atoms with van der Waals surface area (Å²) in [5, 5.41) is 14.3. The van der Waals surface area contributed by atoms with E-state index in [1.54, 1.807) is 0 Å². The maximum atomic E-state index is 8.35. The smallest absolute Gasteiger partial charge is 0.158 e. The molecule has 0 radical (unpaired) electrons. The molecule has 0 atom stereocenters. The van der Waals surface area contributed by atoms with Crippen LogP contribution in [0.1, 0.15) is 5.56 Å². The predicted octanol–water partition coefficient (Wildman–Crippen LogP) is 1.76. The molecule has 0 aliphatic carbocycles. The van der Waals surface area contributed by atoms with Crippen LogP contribution in [0.5, 0.6) is 0 Å². The molecule has 1 rings (SSSR count). The average molecular weight is 305 g/mol. The van der Waals surface area contributed by atoms with Crippen molar-refractivity contribution in [1.29, 1.82) is 0 Å². The molecule has 0 spiro atoms. The van der Waals surface area contributed by atoms with Gasteiger partial charge in [-0.1, -0.05) is 5.16 Å². The normalized spacial score (nSPS) is 11.4. The van der Waals surface area contributed by atoms with Gasteiger partial charge in [-0.2, -0.15) is 0 Å². The fourth-order valence-corrected chi connectivity index (χ4v) is 1.69. The summed E-state index contributed by atoms with van der Waals surface area (Å²) < 4.78 is 1.19. The van der Waals surface area contributed by atoms with Gasteiger partial charge in [-0.05, 0) is 53.3 Å². The molecule has 1 aromatic carbocycles. The summed E-state index contributed by atoms with van der Waals surface area (Å²) in [5.41, 5.74) is 7.48. The molecular formula is C9H12IN3O. The van der Waals surface area contributed by atoms with E-state index in [9.17, 15) is 0 Å². The zero-order chi connectivity index (χ0) is 10.6. The Kier molecular flexibility index (Phi) is 3.99. The van der Waals surface area contributed by atoms with Gasteiger partial charge in [-0.15, -0.1) is 0 Å². The molecule has 0 aliphatic heterocycles. The molecule has 0 amide bonds. The molecule has 0 heterocycles. The highest BCUT2D eigenvalue weighted by atomic mass is 127. The highest BCUT2D eigenvalue weighted by Gasteiger charge is 1.99. The van der Waals surface area contributed by atoms with E-state index in [2.05, 4.69) is 39.1 Å². The van der Waals surface area contributed by atoms with Crippen molar-refractivity contribution in [2.24, 2.45) is 10.9 Å². The highest BCUT2D eigenvalue weighted by molar-refractivity contribution is 14.1. The Hall–Kier alpha value is -0.980. The van der Waals surface area contributed by atoms with Crippen molar-refractivity contribution in [3.05, 3.63) is 27.3 Å². The van der Waals surface area contributed by atoms with Crippen LogP contribution in [-0.2, 0) is 0 Å². The third-order valence-electron chi connectivity index (χ3n) is 1.78. The summed E-state index contributed by atoms with van der Waals surface area (Å²) in [4.78, 5) is 0. The Morgan fingerprint density at radius 2 is 2.36 bits per heavy atom. The van der Waals surface area contributed by atoms with Gasteiger partial charge in [-0.25, -0.2) is 0 Å². The fraction of sp³-hybridized carbons (Fsp3) is 0.222. The van der Waals surface area contributed by atoms with Gasteiger partial charge < -0.3 is 16.3 Å². The van der Waals surface area contributed by atoms with Crippen LogP contribution in [0.15, 0.2) is 23.4 Å². The lowest BCUT2D eigenvalue weighted by Gasteiger charge is -2.08. The van der Waals surface area contributed by atoms with Gasteiger partial charge in [0.2, 0.25) is 0 Å². The maximum absolute atomic E-state index is 8.35. The molecule has 0 saturated carbocycles. The number of amidine groups is 1. The first-order valence-corrected chi connectivity index (χ1v) is 5.18. The minimum absolute atomic E-state index is 0.169. The van der Waals surface area contributed by atoms with Crippen molar-refractivity contribution in [3.8, 4) is 0 Å². The number of aryl methyl sites for hydroxylation is 1. The van der Waals surface area contributed by atoms with Crippen molar-refractivity contribution >= 4 is 34.1 Å². The van der Waals surface area contributed by atoms with E-state index >= 15 is 0 Å². The number of oxime groups is 1. The zero-order valence-electron chi connectivity index (χ0n) is 7.79. The van der Waals surface area contributed by atoms with Gasteiger partial charge in [0, 0.05) is 9.26 Å². The fourth-order valence-electron chi connectivity index (χ4n) is 1.05. The third kappa shape index (κ3) is 3.06. The van der Waals surface area contributed by atoms with Crippen LogP contribution in [0.25, 0.3) is 0 Å². The summed E-state index contributed by atoms with van der Waals surface area (Å²) in [6, 6.07) is 6.04. The summed E-state index contributed by atoms with van der Waals surface area (Å²) in [6.07, 6.45) is 0. The SMILES string of the molecule is Cc1cc(I)ccc1NC/C(N)=N/O. The number of nitrogens with one attached hydrogen (secondary N) is 1. The number of hydrogen-bond acceptors (Lipinski definition) is 3. The number of halogens is 1. The first kappa shape index (κ1) is 11.1. The highest BCUT2D eigenvalue weighted by Crippen LogP contribution is 2.17. The van der Waals surface area contributed by atoms with Crippen molar-refractivity contribution in [3.63, 3.8) is 0 Å². The summed E-state index contributed by atoms with van der Waals surface area (Å²) in [5.74, 6) is 0.169. The van der Waals surface area contributed by atoms with E-state index in [-0.39, 0.29) is 5.84 Å². The molecular weight excluding hydrogens is 293 g/mol. The Morgan fingerprint density at radius 3 is 2.93 bits per heavy atom. The Balaban J connectivity index is 2.68. The number of anilines is 1. The first-order valence-electron chi connectivity index (χ1n) is 4.10. The molecule has 4 nitrogen and oxygen atoms in total. The number of nitrogens with zero attached hydrogens (tertiary/aromatic N) is 1. The second-order valence-electron chi connectivity index (χ2n) is 2.90. The van der Waals surface area contributed by atoms with Crippen LogP contribution in [0.3, 0.4) is 0 Å². The van der Waals surface area contributed by atoms with Gasteiger partial charge in [-0.3, -0.25) is 0 Å². The monoisotopic (exact) mass is 305 g/mol. The van der Waals surface area contributed by atoms with Crippen molar-refractivity contribution < 1.29 is 5.21 Å². The van der Waals surface area contributed by atoms with Crippen LogP contribution >= 0.6 is 22.6 Å². The van der Waals surface area contributed by atoms with Crippen molar-refractivity contribution in [2.45, 2.75) is 6.92 Å². The lowest BCUT2D eigenvalue weighted by molar-refractivity contribution is 0.317. The molecule has 1 aromatic rings. The number of benzene rings is 1. The minimum atomic E-state index is 0.169. The van der Waals surface area contributed by atoms with Crippen LogP contribution in [0.4, 0.5) is 5.69 Å².